The summed E-state index contributed by atoms with van der Waals surface area (Å²) in [5.41, 5.74) is 0.225. The van der Waals surface area contributed by atoms with Crippen molar-refractivity contribution in [1.29, 1.82) is 0 Å². The average molecular weight is 545 g/mol. The molecule has 6 nitrogen and oxygen atoms in total. The van der Waals surface area contributed by atoms with Gasteiger partial charge in [-0.15, -0.1) is 0 Å². The van der Waals surface area contributed by atoms with Gasteiger partial charge in [0.1, 0.15) is 6.10 Å². The first-order chi connectivity index (χ1) is 18.0. The van der Waals surface area contributed by atoms with Gasteiger partial charge in [-0.3, -0.25) is 9.59 Å². The van der Waals surface area contributed by atoms with Crippen LogP contribution in [0, 0.1) is 50.2 Å². The van der Waals surface area contributed by atoms with E-state index in [4.69, 9.17) is 9.47 Å². The van der Waals surface area contributed by atoms with Gasteiger partial charge < -0.3 is 19.7 Å². The van der Waals surface area contributed by atoms with E-state index in [1.54, 1.807) is 7.11 Å². The second-order valence-corrected chi connectivity index (χ2v) is 15.8. The van der Waals surface area contributed by atoms with E-state index in [-0.39, 0.29) is 52.0 Å². The Bertz CT molecular complexity index is 1060. The van der Waals surface area contributed by atoms with E-state index in [0.29, 0.717) is 12.3 Å². The molecule has 5 rings (SSSR count). The molecule has 5 aliphatic carbocycles. The minimum absolute atomic E-state index is 0.00830. The van der Waals surface area contributed by atoms with Crippen LogP contribution in [-0.2, 0) is 19.1 Å². The first kappa shape index (κ1) is 29.1. The number of aliphatic hydroxyl groups excluding tert-OH is 2. The van der Waals surface area contributed by atoms with Gasteiger partial charge in [0.2, 0.25) is 0 Å². The number of fused-ring (bicyclic) bond motifs is 7. The molecular formula is C33H52O6. The van der Waals surface area contributed by atoms with Crippen LogP contribution in [0.5, 0.6) is 0 Å². The lowest BCUT2D eigenvalue weighted by molar-refractivity contribution is -0.248. The number of aliphatic hydroxyl groups is 2. The number of ether oxygens (including phenoxy) is 2. The topological polar surface area (TPSA) is 93.1 Å². The minimum Gasteiger partial charge on any atom is -0.469 e. The summed E-state index contributed by atoms with van der Waals surface area (Å²) in [6.45, 7) is 15.2. The van der Waals surface area contributed by atoms with Crippen LogP contribution in [-0.4, -0.2) is 48.1 Å². The number of esters is 2. The monoisotopic (exact) mass is 544 g/mol. The number of carbonyl (C=O) groups is 2. The van der Waals surface area contributed by atoms with Crippen molar-refractivity contribution in [2.24, 2.45) is 50.2 Å². The molecule has 10 atom stereocenters. The van der Waals surface area contributed by atoms with Gasteiger partial charge in [-0.1, -0.05) is 53.2 Å². The van der Waals surface area contributed by atoms with Crippen LogP contribution in [0.4, 0.5) is 0 Å². The third-order valence-corrected chi connectivity index (χ3v) is 13.6. The Morgan fingerprint density at radius 2 is 1.64 bits per heavy atom. The van der Waals surface area contributed by atoms with Crippen molar-refractivity contribution in [2.45, 2.75) is 118 Å². The van der Waals surface area contributed by atoms with Gasteiger partial charge in [0, 0.05) is 12.3 Å². The van der Waals surface area contributed by atoms with Crippen LogP contribution in [0.15, 0.2) is 11.6 Å². The van der Waals surface area contributed by atoms with Crippen molar-refractivity contribution in [1.82, 2.24) is 0 Å². The zero-order chi connectivity index (χ0) is 28.8. The second-order valence-electron chi connectivity index (χ2n) is 15.8. The highest BCUT2D eigenvalue weighted by Crippen LogP contribution is 2.76. The lowest BCUT2D eigenvalue weighted by Crippen LogP contribution is -2.68. The minimum atomic E-state index is -0.890. The summed E-state index contributed by atoms with van der Waals surface area (Å²) < 4.78 is 11.2. The third kappa shape index (κ3) is 3.78. The Morgan fingerprint density at radius 3 is 2.26 bits per heavy atom. The maximum atomic E-state index is 13.4. The highest BCUT2D eigenvalue weighted by molar-refractivity contribution is 5.78. The molecule has 4 fully saturated rings. The third-order valence-electron chi connectivity index (χ3n) is 13.6. The van der Waals surface area contributed by atoms with Crippen molar-refractivity contribution in [3.05, 3.63) is 11.6 Å². The smallest absolute Gasteiger partial charge is 0.312 e. The summed E-state index contributed by atoms with van der Waals surface area (Å²) in [7, 11) is 1.55. The summed E-state index contributed by atoms with van der Waals surface area (Å²) >= 11 is 0. The molecule has 0 unspecified atom stereocenters. The molecule has 39 heavy (non-hydrogen) atoms. The van der Waals surface area contributed by atoms with Crippen LogP contribution >= 0.6 is 0 Å². The Balaban J connectivity index is 1.60. The molecular weight excluding hydrogens is 492 g/mol. The number of hydrogen-bond acceptors (Lipinski definition) is 6. The quantitative estimate of drug-likeness (QED) is 0.343. The molecule has 2 N–H and O–H groups in total. The summed E-state index contributed by atoms with van der Waals surface area (Å²) in [6, 6.07) is 0. The maximum Gasteiger partial charge on any atom is 0.312 e. The predicted molar refractivity (Wildman–Crippen MR) is 149 cm³/mol. The molecule has 0 aromatic carbocycles. The fraction of sp³-hybridized carbons (Fsp3) is 0.879. The molecule has 0 aromatic rings. The van der Waals surface area contributed by atoms with E-state index in [2.05, 4.69) is 40.7 Å². The lowest BCUT2D eigenvalue weighted by Gasteiger charge is -2.71. The van der Waals surface area contributed by atoms with Gasteiger partial charge in [-0.2, -0.15) is 0 Å². The van der Waals surface area contributed by atoms with Gasteiger partial charge in [-0.25, -0.2) is 0 Å². The van der Waals surface area contributed by atoms with E-state index in [1.165, 1.54) is 12.5 Å². The first-order valence-electron chi connectivity index (χ1n) is 15.3. The van der Waals surface area contributed by atoms with E-state index in [1.807, 2.05) is 6.92 Å². The fourth-order valence-corrected chi connectivity index (χ4v) is 11.2. The van der Waals surface area contributed by atoms with Crippen LogP contribution < -0.4 is 0 Å². The van der Waals surface area contributed by atoms with E-state index >= 15 is 0 Å². The molecule has 0 heterocycles. The number of carbonyl (C=O) groups excluding carboxylic acids is 2. The SMILES string of the molecule is COC(=O)[C@]12CCC(C)(C)C[C@H]1C1=CC[C@@H]3[C@@]4(C)C[C@@H](OC(C)=O)[C@H](O)[C@@](C)(CO)[C@@H]4CC[C@@]3(C)[C@]1(C)CC2. The van der Waals surface area contributed by atoms with E-state index in [0.717, 1.165) is 51.4 Å². The number of hydrogen-bond donors (Lipinski definition) is 2. The molecule has 0 aromatic heterocycles. The van der Waals surface area contributed by atoms with E-state index in [9.17, 15) is 19.8 Å². The van der Waals surface area contributed by atoms with Crippen molar-refractivity contribution >= 4 is 11.9 Å². The molecule has 0 aliphatic heterocycles. The zero-order valence-electron chi connectivity index (χ0n) is 25.6. The highest BCUT2D eigenvalue weighted by atomic mass is 16.6. The predicted octanol–water partition coefficient (Wildman–Crippen LogP) is 5.84. The Kier molecular flexibility index (Phi) is 6.75. The van der Waals surface area contributed by atoms with Crippen LogP contribution in [0.25, 0.3) is 0 Å². The molecule has 0 amide bonds. The second kappa shape index (κ2) is 9.05. The molecule has 0 saturated heterocycles. The Hall–Kier alpha value is -1.40. The molecule has 0 bridgehead atoms. The van der Waals surface area contributed by atoms with E-state index < -0.39 is 23.0 Å². The van der Waals surface area contributed by atoms with Gasteiger partial charge in [-0.05, 0) is 97.2 Å². The Labute approximate surface area is 235 Å². The van der Waals surface area contributed by atoms with Gasteiger partial charge in [0.25, 0.3) is 0 Å². The van der Waals surface area contributed by atoms with Crippen molar-refractivity contribution in [3.63, 3.8) is 0 Å². The number of allylic oxidation sites excluding steroid dienone is 2. The standard InChI is InChI=1S/C33H52O6/c1-20(35)39-23-18-29(4)24(30(5,19-34)26(23)36)11-12-32(7)25(29)10-9-21-22-17-28(2,3)13-15-33(22,27(37)38-8)16-14-31(21,32)6/h9,22-26,34,36H,10-19H2,1-8H3/t22-,23+,24+,25+,26-,29-,30-,31+,32+,33-/m0/s1. The lowest BCUT2D eigenvalue weighted by atomic mass is 9.33. The maximum absolute atomic E-state index is 13.4. The Morgan fingerprint density at radius 1 is 0.974 bits per heavy atom. The van der Waals surface area contributed by atoms with Crippen molar-refractivity contribution in [3.8, 4) is 0 Å². The first-order valence-corrected chi connectivity index (χ1v) is 15.3. The van der Waals surface area contributed by atoms with Crippen LogP contribution in [0.2, 0.25) is 0 Å². The zero-order valence-corrected chi connectivity index (χ0v) is 25.6. The summed E-state index contributed by atoms with van der Waals surface area (Å²) in [4.78, 5) is 25.5. The van der Waals surface area contributed by atoms with Crippen LogP contribution in [0.1, 0.15) is 106 Å². The van der Waals surface area contributed by atoms with Crippen molar-refractivity contribution in [2.75, 3.05) is 13.7 Å². The average Bonchev–Trinajstić information content (AvgIpc) is 2.86. The summed E-state index contributed by atoms with van der Waals surface area (Å²) in [6.07, 6.45) is 9.20. The fourth-order valence-electron chi connectivity index (χ4n) is 11.2. The highest BCUT2D eigenvalue weighted by Gasteiger charge is 2.71. The van der Waals surface area contributed by atoms with Gasteiger partial charge >= 0.3 is 11.9 Å². The van der Waals surface area contributed by atoms with Crippen LogP contribution in [0.3, 0.4) is 0 Å². The molecule has 4 saturated carbocycles. The summed E-state index contributed by atoms with van der Waals surface area (Å²) in [5, 5.41) is 22.0. The number of methoxy groups -OCH3 is 1. The largest absolute Gasteiger partial charge is 0.469 e. The number of rotatable bonds is 3. The van der Waals surface area contributed by atoms with Gasteiger partial charge in [0.05, 0.1) is 25.2 Å². The molecule has 0 spiro atoms. The molecule has 5 aliphatic rings. The van der Waals surface area contributed by atoms with Gasteiger partial charge in [0.15, 0.2) is 0 Å². The van der Waals surface area contributed by atoms with Crippen molar-refractivity contribution < 1.29 is 29.3 Å². The molecule has 0 radical (unpaired) electrons. The molecule has 220 valence electrons. The normalized spacial score (nSPS) is 50.3. The summed E-state index contributed by atoms with van der Waals surface area (Å²) in [5.74, 6) is 0.221. The molecule has 6 heteroatoms.